The first-order chi connectivity index (χ1) is 13.6. The summed E-state index contributed by atoms with van der Waals surface area (Å²) in [5.41, 5.74) is -0.390. The Kier molecular flexibility index (Phi) is 9.78. The topological polar surface area (TPSA) is 123 Å². The molecule has 3 N–H and O–H groups in total. The zero-order valence-corrected chi connectivity index (χ0v) is 17.4. The smallest absolute Gasteiger partial charge is 0.407 e. The minimum atomic E-state index is -0.614. The molecule has 1 rings (SSSR count). The van der Waals surface area contributed by atoms with E-state index in [0.717, 1.165) is 19.3 Å². The van der Waals surface area contributed by atoms with Crippen molar-refractivity contribution < 1.29 is 33.7 Å². The Bertz CT molecular complexity index is 699. The number of aromatic hydroxyl groups is 1. The highest BCUT2D eigenvalue weighted by atomic mass is 16.6. The zero-order valence-electron chi connectivity index (χ0n) is 17.4. The SMILES string of the molecule is COC(=O)c1cc(O)cc(OCC(=O)NCCCCCNC(=O)OC(C)(C)C)c1. The first kappa shape index (κ1) is 24.1. The van der Waals surface area contributed by atoms with Gasteiger partial charge in [-0.3, -0.25) is 4.79 Å². The predicted molar refractivity (Wildman–Crippen MR) is 106 cm³/mol. The summed E-state index contributed by atoms with van der Waals surface area (Å²) >= 11 is 0. The van der Waals surface area contributed by atoms with Crippen LogP contribution in [0.15, 0.2) is 18.2 Å². The molecule has 0 saturated heterocycles. The number of amides is 2. The van der Waals surface area contributed by atoms with E-state index in [1.54, 1.807) is 20.8 Å². The van der Waals surface area contributed by atoms with Gasteiger partial charge in [0.25, 0.3) is 5.91 Å². The number of methoxy groups -OCH3 is 1. The molecule has 0 heterocycles. The average Bonchev–Trinajstić information content (AvgIpc) is 2.63. The Morgan fingerprint density at radius 1 is 1.00 bits per heavy atom. The van der Waals surface area contributed by atoms with E-state index in [4.69, 9.17) is 9.47 Å². The van der Waals surface area contributed by atoms with Gasteiger partial charge in [0.05, 0.1) is 12.7 Å². The maximum Gasteiger partial charge on any atom is 0.407 e. The van der Waals surface area contributed by atoms with Gasteiger partial charge in [-0.15, -0.1) is 0 Å². The number of carbonyl (C=O) groups is 3. The molecular formula is C20H30N2O7. The highest BCUT2D eigenvalue weighted by Gasteiger charge is 2.15. The summed E-state index contributed by atoms with van der Waals surface area (Å²) in [7, 11) is 1.23. The number of phenols is 1. The van der Waals surface area contributed by atoms with E-state index in [9.17, 15) is 19.5 Å². The molecule has 0 aromatic heterocycles. The van der Waals surface area contributed by atoms with E-state index >= 15 is 0 Å². The maximum absolute atomic E-state index is 11.8. The number of unbranched alkanes of at least 4 members (excludes halogenated alkanes) is 2. The number of alkyl carbamates (subject to hydrolysis) is 1. The first-order valence-corrected chi connectivity index (χ1v) is 9.39. The Labute approximate surface area is 170 Å². The van der Waals surface area contributed by atoms with Gasteiger partial charge in [0.2, 0.25) is 0 Å². The first-order valence-electron chi connectivity index (χ1n) is 9.39. The van der Waals surface area contributed by atoms with Crippen molar-refractivity contribution in [3.63, 3.8) is 0 Å². The minimum absolute atomic E-state index is 0.128. The lowest BCUT2D eigenvalue weighted by atomic mass is 10.2. The lowest BCUT2D eigenvalue weighted by Crippen LogP contribution is -2.33. The fourth-order valence-electron chi connectivity index (χ4n) is 2.26. The van der Waals surface area contributed by atoms with Crippen LogP contribution in [0.3, 0.4) is 0 Å². The summed E-state index contributed by atoms with van der Waals surface area (Å²) in [5.74, 6) is -0.909. The lowest BCUT2D eigenvalue weighted by Gasteiger charge is -2.19. The number of esters is 1. The second-order valence-electron chi connectivity index (χ2n) is 7.34. The number of carbonyl (C=O) groups excluding carboxylic acids is 3. The molecule has 1 aromatic rings. The third-order valence-corrected chi connectivity index (χ3v) is 3.53. The van der Waals surface area contributed by atoms with Crippen LogP contribution in [-0.2, 0) is 14.3 Å². The van der Waals surface area contributed by atoms with Gasteiger partial charge in [-0.25, -0.2) is 9.59 Å². The van der Waals surface area contributed by atoms with Crippen molar-refractivity contribution in [2.24, 2.45) is 0 Å². The Balaban J connectivity index is 2.18. The second-order valence-corrected chi connectivity index (χ2v) is 7.34. The van der Waals surface area contributed by atoms with Gasteiger partial charge in [-0.1, -0.05) is 0 Å². The number of hydrogen-bond acceptors (Lipinski definition) is 7. The Morgan fingerprint density at radius 2 is 1.66 bits per heavy atom. The van der Waals surface area contributed by atoms with Crippen molar-refractivity contribution in [2.45, 2.75) is 45.6 Å². The lowest BCUT2D eigenvalue weighted by molar-refractivity contribution is -0.123. The third-order valence-electron chi connectivity index (χ3n) is 3.53. The van der Waals surface area contributed by atoms with E-state index in [0.29, 0.717) is 13.1 Å². The van der Waals surface area contributed by atoms with Crippen molar-refractivity contribution in [1.82, 2.24) is 10.6 Å². The van der Waals surface area contributed by atoms with E-state index in [1.165, 1.54) is 25.3 Å². The predicted octanol–water partition coefficient (Wildman–Crippen LogP) is 2.37. The fraction of sp³-hybridized carbons (Fsp3) is 0.550. The molecule has 9 heteroatoms. The molecule has 1 aromatic carbocycles. The van der Waals surface area contributed by atoms with Gasteiger partial charge in [0.15, 0.2) is 6.61 Å². The number of benzene rings is 1. The molecule has 9 nitrogen and oxygen atoms in total. The molecule has 0 unspecified atom stereocenters. The molecular weight excluding hydrogens is 380 g/mol. The second kappa shape index (κ2) is 11.8. The molecule has 0 spiro atoms. The molecule has 0 aliphatic rings. The van der Waals surface area contributed by atoms with Gasteiger partial charge in [0, 0.05) is 19.2 Å². The van der Waals surface area contributed by atoms with E-state index in [-0.39, 0.29) is 29.6 Å². The summed E-state index contributed by atoms with van der Waals surface area (Å²) < 4.78 is 15.0. The van der Waals surface area contributed by atoms with Crippen molar-refractivity contribution in [3.8, 4) is 11.5 Å². The molecule has 0 saturated carbocycles. The maximum atomic E-state index is 11.8. The van der Waals surface area contributed by atoms with Crippen molar-refractivity contribution in [3.05, 3.63) is 23.8 Å². The third kappa shape index (κ3) is 10.8. The number of rotatable bonds is 10. The van der Waals surface area contributed by atoms with E-state index in [2.05, 4.69) is 15.4 Å². The molecule has 0 radical (unpaired) electrons. The van der Waals surface area contributed by atoms with Crippen molar-refractivity contribution >= 4 is 18.0 Å². The quantitative estimate of drug-likeness (QED) is 0.400. The number of nitrogens with one attached hydrogen (secondary N) is 2. The van der Waals surface area contributed by atoms with E-state index < -0.39 is 17.7 Å². The molecule has 2 amide bonds. The molecule has 0 aliphatic heterocycles. The van der Waals surface area contributed by atoms with Crippen LogP contribution in [0.5, 0.6) is 11.5 Å². The number of ether oxygens (including phenoxy) is 3. The van der Waals surface area contributed by atoms with Crippen LogP contribution >= 0.6 is 0 Å². The summed E-state index contributed by atoms with van der Waals surface area (Å²) in [6.07, 6.45) is 1.91. The summed E-state index contributed by atoms with van der Waals surface area (Å²) in [5, 5.41) is 15.0. The fourth-order valence-corrected chi connectivity index (χ4v) is 2.26. The van der Waals surface area contributed by atoms with Crippen LogP contribution in [0.1, 0.15) is 50.4 Å². The molecule has 0 aliphatic carbocycles. The summed E-state index contributed by atoms with van der Waals surface area (Å²) in [4.78, 5) is 34.8. The normalized spacial score (nSPS) is 10.8. The van der Waals surface area contributed by atoms with Crippen LogP contribution < -0.4 is 15.4 Å². The summed E-state index contributed by atoms with van der Waals surface area (Å²) in [6.45, 7) is 6.14. The molecule has 0 atom stereocenters. The monoisotopic (exact) mass is 410 g/mol. The van der Waals surface area contributed by atoms with Crippen LogP contribution in [0.25, 0.3) is 0 Å². The van der Waals surface area contributed by atoms with Crippen LogP contribution in [0.4, 0.5) is 4.79 Å². The number of hydrogen-bond donors (Lipinski definition) is 3. The Hall–Kier alpha value is -2.97. The van der Waals surface area contributed by atoms with Gasteiger partial charge in [0.1, 0.15) is 17.1 Å². The Morgan fingerprint density at radius 3 is 2.28 bits per heavy atom. The van der Waals surface area contributed by atoms with Crippen LogP contribution in [0.2, 0.25) is 0 Å². The van der Waals surface area contributed by atoms with E-state index in [1.807, 2.05) is 0 Å². The van der Waals surface area contributed by atoms with Gasteiger partial charge < -0.3 is 30.0 Å². The highest BCUT2D eigenvalue weighted by molar-refractivity contribution is 5.90. The van der Waals surface area contributed by atoms with Crippen molar-refractivity contribution in [2.75, 3.05) is 26.8 Å². The van der Waals surface area contributed by atoms with Gasteiger partial charge >= 0.3 is 12.1 Å². The van der Waals surface area contributed by atoms with Gasteiger partial charge in [-0.2, -0.15) is 0 Å². The van der Waals surface area contributed by atoms with Crippen LogP contribution in [-0.4, -0.2) is 55.5 Å². The van der Waals surface area contributed by atoms with Gasteiger partial charge in [-0.05, 0) is 52.2 Å². The minimum Gasteiger partial charge on any atom is -0.508 e. The molecule has 0 bridgehead atoms. The largest absolute Gasteiger partial charge is 0.508 e. The standard InChI is InChI=1S/C20H30N2O7/c1-20(2,3)29-19(26)22-9-7-5-6-8-21-17(24)13-28-16-11-14(18(25)27-4)10-15(23)12-16/h10-12,23H,5-9,13H2,1-4H3,(H,21,24)(H,22,26). The van der Waals surface area contributed by atoms with Crippen molar-refractivity contribution in [1.29, 1.82) is 0 Å². The molecule has 29 heavy (non-hydrogen) atoms. The molecule has 0 fully saturated rings. The molecule has 162 valence electrons. The average molecular weight is 410 g/mol. The summed E-state index contributed by atoms with van der Waals surface area (Å²) in [6, 6.07) is 3.93. The number of phenolic OH excluding ortho intramolecular Hbond substituents is 1. The highest BCUT2D eigenvalue weighted by Crippen LogP contribution is 2.22. The van der Waals surface area contributed by atoms with Crippen LogP contribution in [0, 0.1) is 0 Å². The zero-order chi connectivity index (χ0) is 21.9.